The number of carbonyl (C=O) groups is 1. The van der Waals surface area contributed by atoms with Gasteiger partial charge in [-0.15, -0.1) is 0 Å². The number of aromatic nitrogens is 2. The molecule has 1 saturated carbocycles. The number of nitrogens with zero attached hydrogens (tertiary/aromatic N) is 2. The van der Waals surface area contributed by atoms with Crippen LogP contribution in [0.15, 0.2) is 6.20 Å². The van der Waals surface area contributed by atoms with E-state index in [0.29, 0.717) is 5.92 Å². The lowest BCUT2D eigenvalue weighted by molar-refractivity contribution is 0.0601. The number of hydrogen-bond donors (Lipinski definition) is 1. The Kier molecular flexibility index (Phi) is 4.93. The Morgan fingerprint density at radius 3 is 2.65 bits per heavy atom. The lowest BCUT2D eigenvalue weighted by Gasteiger charge is -2.27. The van der Waals surface area contributed by atoms with Gasteiger partial charge in [-0.25, -0.2) is 14.8 Å². The molecule has 110 valence electrons. The number of nitrogens with two attached hydrogens (primary N) is 1. The molecule has 0 saturated heterocycles. The number of methoxy groups -OCH3 is 1. The molecule has 2 rings (SSSR count). The molecule has 0 atom stereocenters. The van der Waals surface area contributed by atoms with Crippen LogP contribution in [0.5, 0.6) is 0 Å². The van der Waals surface area contributed by atoms with E-state index in [1.807, 2.05) is 0 Å². The maximum absolute atomic E-state index is 11.5. The van der Waals surface area contributed by atoms with Crippen molar-refractivity contribution >= 4 is 11.8 Å². The monoisotopic (exact) mass is 277 g/mol. The Hall–Kier alpha value is -1.65. The standard InChI is InChI=1S/C15H23N3O2/c1-3-4-10-5-7-11(8-6-10)14-17-9-12(13(16)18-14)15(19)20-2/h9-11H,3-8H2,1-2H3,(H2,16,17,18). The predicted octanol–water partition coefficient (Wildman–Crippen LogP) is 2.92. The lowest BCUT2D eigenvalue weighted by Crippen LogP contribution is -2.17. The fourth-order valence-electron chi connectivity index (χ4n) is 2.99. The van der Waals surface area contributed by atoms with Crippen molar-refractivity contribution in [1.29, 1.82) is 0 Å². The third-order valence-electron chi connectivity index (χ3n) is 4.15. The minimum absolute atomic E-state index is 0.220. The van der Waals surface area contributed by atoms with Crippen LogP contribution in [0.4, 0.5) is 5.82 Å². The van der Waals surface area contributed by atoms with Gasteiger partial charge >= 0.3 is 5.97 Å². The first-order valence-electron chi connectivity index (χ1n) is 7.36. The zero-order chi connectivity index (χ0) is 14.5. The molecule has 2 N–H and O–H groups in total. The smallest absolute Gasteiger partial charge is 0.343 e. The normalized spacial score (nSPS) is 22.5. The SMILES string of the molecule is CCCC1CCC(c2ncc(C(=O)OC)c(N)n2)CC1. The molecule has 0 spiro atoms. The van der Waals surface area contributed by atoms with E-state index in [-0.39, 0.29) is 11.4 Å². The van der Waals surface area contributed by atoms with Crippen molar-refractivity contribution in [2.75, 3.05) is 12.8 Å². The number of rotatable bonds is 4. The van der Waals surface area contributed by atoms with E-state index in [9.17, 15) is 4.79 Å². The van der Waals surface area contributed by atoms with Gasteiger partial charge in [0.25, 0.3) is 0 Å². The molecule has 0 aliphatic heterocycles. The van der Waals surface area contributed by atoms with E-state index in [4.69, 9.17) is 5.73 Å². The molecule has 1 aromatic heterocycles. The highest BCUT2D eigenvalue weighted by molar-refractivity contribution is 5.93. The first kappa shape index (κ1) is 14.8. The van der Waals surface area contributed by atoms with E-state index >= 15 is 0 Å². The Labute approximate surface area is 119 Å². The molecular formula is C15H23N3O2. The first-order chi connectivity index (χ1) is 9.65. The summed E-state index contributed by atoms with van der Waals surface area (Å²) in [6, 6.07) is 0. The van der Waals surface area contributed by atoms with E-state index in [1.165, 1.54) is 39.0 Å². The zero-order valence-electron chi connectivity index (χ0n) is 12.3. The first-order valence-corrected chi connectivity index (χ1v) is 7.36. The van der Waals surface area contributed by atoms with Crippen molar-refractivity contribution in [3.05, 3.63) is 17.6 Å². The molecule has 0 amide bonds. The van der Waals surface area contributed by atoms with Gasteiger partial charge in [-0.2, -0.15) is 0 Å². The Morgan fingerprint density at radius 1 is 1.40 bits per heavy atom. The molecule has 1 aliphatic rings. The van der Waals surface area contributed by atoms with Crippen molar-refractivity contribution in [2.45, 2.75) is 51.4 Å². The van der Waals surface area contributed by atoms with Gasteiger partial charge in [-0.1, -0.05) is 19.8 Å². The number of carbonyl (C=O) groups excluding carboxylic acids is 1. The van der Waals surface area contributed by atoms with Gasteiger partial charge in [0.05, 0.1) is 7.11 Å². The number of anilines is 1. The van der Waals surface area contributed by atoms with Crippen LogP contribution in [-0.2, 0) is 4.74 Å². The van der Waals surface area contributed by atoms with Crippen LogP contribution in [0.25, 0.3) is 0 Å². The molecular weight excluding hydrogens is 254 g/mol. The summed E-state index contributed by atoms with van der Waals surface area (Å²) in [7, 11) is 1.32. The average Bonchev–Trinajstić information content (AvgIpc) is 2.47. The summed E-state index contributed by atoms with van der Waals surface area (Å²) in [6.07, 6.45) is 8.76. The molecule has 5 nitrogen and oxygen atoms in total. The summed E-state index contributed by atoms with van der Waals surface area (Å²) in [4.78, 5) is 20.1. The maximum Gasteiger partial charge on any atom is 0.343 e. The highest BCUT2D eigenvalue weighted by Gasteiger charge is 2.24. The van der Waals surface area contributed by atoms with Gasteiger partial charge in [0.1, 0.15) is 17.2 Å². The Morgan fingerprint density at radius 2 is 2.10 bits per heavy atom. The molecule has 20 heavy (non-hydrogen) atoms. The van der Waals surface area contributed by atoms with Crippen molar-refractivity contribution in [2.24, 2.45) is 5.92 Å². The highest BCUT2D eigenvalue weighted by atomic mass is 16.5. The summed E-state index contributed by atoms with van der Waals surface area (Å²) in [5.41, 5.74) is 6.07. The lowest BCUT2D eigenvalue weighted by atomic mass is 9.80. The summed E-state index contributed by atoms with van der Waals surface area (Å²) in [5.74, 6) is 1.73. The molecule has 5 heteroatoms. The fourth-order valence-corrected chi connectivity index (χ4v) is 2.99. The quantitative estimate of drug-likeness (QED) is 0.856. The van der Waals surface area contributed by atoms with Crippen molar-refractivity contribution in [3.63, 3.8) is 0 Å². The van der Waals surface area contributed by atoms with E-state index < -0.39 is 5.97 Å². The summed E-state index contributed by atoms with van der Waals surface area (Å²) in [6.45, 7) is 2.24. The van der Waals surface area contributed by atoms with Crippen LogP contribution in [-0.4, -0.2) is 23.0 Å². The van der Waals surface area contributed by atoms with E-state index in [0.717, 1.165) is 24.6 Å². The number of ether oxygens (including phenoxy) is 1. The predicted molar refractivity (Wildman–Crippen MR) is 77.4 cm³/mol. The molecule has 1 fully saturated rings. The van der Waals surface area contributed by atoms with Gasteiger partial charge in [0.15, 0.2) is 0 Å². The van der Waals surface area contributed by atoms with Gasteiger partial charge < -0.3 is 10.5 Å². The topological polar surface area (TPSA) is 78.1 Å². The van der Waals surface area contributed by atoms with Crippen LogP contribution < -0.4 is 5.73 Å². The van der Waals surface area contributed by atoms with Gasteiger partial charge in [-0.3, -0.25) is 0 Å². The summed E-state index contributed by atoms with van der Waals surface area (Å²) in [5, 5.41) is 0. The largest absolute Gasteiger partial charge is 0.465 e. The van der Waals surface area contributed by atoms with Crippen LogP contribution in [0.1, 0.15) is 67.5 Å². The Bertz CT molecular complexity index is 468. The molecule has 0 bridgehead atoms. The zero-order valence-corrected chi connectivity index (χ0v) is 12.3. The minimum atomic E-state index is -0.485. The molecule has 1 heterocycles. The van der Waals surface area contributed by atoms with Crippen molar-refractivity contribution in [1.82, 2.24) is 9.97 Å². The van der Waals surface area contributed by atoms with Crippen LogP contribution in [0.2, 0.25) is 0 Å². The second kappa shape index (κ2) is 6.68. The van der Waals surface area contributed by atoms with Gasteiger partial charge in [0, 0.05) is 12.1 Å². The summed E-state index contributed by atoms with van der Waals surface area (Å²) >= 11 is 0. The highest BCUT2D eigenvalue weighted by Crippen LogP contribution is 2.36. The fraction of sp³-hybridized carbons (Fsp3) is 0.667. The number of esters is 1. The van der Waals surface area contributed by atoms with E-state index in [2.05, 4.69) is 21.6 Å². The van der Waals surface area contributed by atoms with Crippen molar-refractivity contribution < 1.29 is 9.53 Å². The van der Waals surface area contributed by atoms with Crippen molar-refractivity contribution in [3.8, 4) is 0 Å². The van der Waals surface area contributed by atoms with Crippen LogP contribution >= 0.6 is 0 Å². The third-order valence-corrected chi connectivity index (χ3v) is 4.15. The number of nitrogen functional groups attached to an aromatic ring is 1. The molecule has 0 aromatic carbocycles. The molecule has 0 unspecified atom stereocenters. The molecule has 0 radical (unpaired) electrons. The minimum Gasteiger partial charge on any atom is -0.465 e. The van der Waals surface area contributed by atoms with Crippen LogP contribution in [0, 0.1) is 5.92 Å². The van der Waals surface area contributed by atoms with Crippen LogP contribution in [0.3, 0.4) is 0 Å². The molecule has 1 aromatic rings. The van der Waals surface area contributed by atoms with Gasteiger partial charge in [0.2, 0.25) is 0 Å². The van der Waals surface area contributed by atoms with E-state index in [1.54, 1.807) is 0 Å². The average molecular weight is 277 g/mol. The second-order valence-electron chi connectivity index (χ2n) is 5.53. The number of hydrogen-bond acceptors (Lipinski definition) is 5. The Balaban J connectivity index is 2.04. The molecule has 1 aliphatic carbocycles. The maximum atomic E-state index is 11.5. The third kappa shape index (κ3) is 3.26. The van der Waals surface area contributed by atoms with Gasteiger partial charge in [-0.05, 0) is 31.6 Å². The summed E-state index contributed by atoms with van der Waals surface area (Å²) < 4.78 is 4.64. The second-order valence-corrected chi connectivity index (χ2v) is 5.53.